The van der Waals surface area contributed by atoms with Crippen LogP contribution in [0.4, 0.5) is 0 Å². The van der Waals surface area contributed by atoms with E-state index in [1.807, 2.05) is 20.0 Å². The minimum atomic E-state index is -0.0946. The summed E-state index contributed by atoms with van der Waals surface area (Å²) in [5.41, 5.74) is 2.23. The van der Waals surface area contributed by atoms with Gasteiger partial charge < -0.3 is 10.4 Å². The van der Waals surface area contributed by atoms with Crippen molar-refractivity contribution in [3.05, 3.63) is 23.3 Å². The SMILES string of the molecule is Cc1ncc(C(C)NC2CCC(O)CC2)c(C)n1. The number of nitrogens with one attached hydrogen (secondary N) is 1. The predicted molar refractivity (Wildman–Crippen MR) is 71.3 cm³/mol. The second kappa shape index (κ2) is 5.76. The number of hydrogen-bond donors (Lipinski definition) is 2. The Kier molecular flexibility index (Phi) is 4.30. The van der Waals surface area contributed by atoms with Gasteiger partial charge in [0, 0.05) is 29.5 Å². The molecule has 0 bridgehead atoms. The highest BCUT2D eigenvalue weighted by molar-refractivity contribution is 5.19. The van der Waals surface area contributed by atoms with E-state index in [0.717, 1.165) is 37.2 Å². The first-order chi connectivity index (χ1) is 8.56. The number of aliphatic hydroxyl groups is 1. The Labute approximate surface area is 109 Å². The van der Waals surface area contributed by atoms with Crippen LogP contribution >= 0.6 is 0 Å². The molecule has 1 atom stereocenters. The van der Waals surface area contributed by atoms with Crippen molar-refractivity contribution in [3.8, 4) is 0 Å². The molecule has 100 valence electrons. The highest BCUT2D eigenvalue weighted by atomic mass is 16.3. The predicted octanol–water partition coefficient (Wildman–Crippen LogP) is 2.05. The Morgan fingerprint density at radius 2 is 1.94 bits per heavy atom. The number of aryl methyl sites for hydroxylation is 2. The van der Waals surface area contributed by atoms with Crippen molar-refractivity contribution >= 4 is 0 Å². The Morgan fingerprint density at radius 3 is 2.56 bits per heavy atom. The first-order valence-electron chi connectivity index (χ1n) is 6.80. The fourth-order valence-corrected chi connectivity index (χ4v) is 2.70. The van der Waals surface area contributed by atoms with Gasteiger partial charge in [-0.15, -0.1) is 0 Å². The van der Waals surface area contributed by atoms with E-state index in [-0.39, 0.29) is 12.1 Å². The van der Waals surface area contributed by atoms with E-state index in [0.29, 0.717) is 6.04 Å². The van der Waals surface area contributed by atoms with Gasteiger partial charge in [0.2, 0.25) is 0 Å². The van der Waals surface area contributed by atoms with Crippen LogP contribution in [0.25, 0.3) is 0 Å². The molecule has 1 fully saturated rings. The first-order valence-corrected chi connectivity index (χ1v) is 6.80. The van der Waals surface area contributed by atoms with E-state index in [1.54, 1.807) is 0 Å². The zero-order valence-corrected chi connectivity index (χ0v) is 11.5. The molecule has 1 aromatic heterocycles. The van der Waals surface area contributed by atoms with Gasteiger partial charge in [0.1, 0.15) is 5.82 Å². The average Bonchev–Trinajstić information content (AvgIpc) is 2.32. The van der Waals surface area contributed by atoms with Gasteiger partial charge in [-0.1, -0.05) is 0 Å². The second-order valence-corrected chi connectivity index (χ2v) is 5.35. The van der Waals surface area contributed by atoms with Crippen molar-refractivity contribution in [2.75, 3.05) is 0 Å². The van der Waals surface area contributed by atoms with E-state index >= 15 is 0 Å². The van der Waals surface area contributed by atoms with Crippen molar-refractivity contribution in [2.24, 2.45) is 0 Å². The average molecular weight is 249 g/mol. The summed E-state index contributed by atoms with van der Waals surface area (Å²) in [6.45, 7) is 6.11. The van der Waals surface area contributed by atoms with Gasteiger partial charge in [0.25, 0.3) is 0 Å². The van der Waals surface area contributed by atoms with Crippen LogP contribution in [-0.4, -0.2) is 27.2 Å². The van der Waals surface area contributed by atoms with Gasteiger partial charge >= 0.3 is 0 Å². The summed E-state index contributed by atoms with van der Waals surface area (Å²) in [7, 11) is 0. The Morgan fingerprint density at radius 1 is 1.28 bits per heavy atom. The molecular formula is C14H23N3O. The molecule has 0 amide bonds. The van der Waals surface area contributed by atoms with Crippen molar-refractivity contribution in [3.63, 3.8) is 0 Å². The van der Waals surface area contributed by atoms with E-state index in [2.05, 4.69) is 22.2 Å². The van der Waals surface area contributed by atoms with E-state index in [9.17, 15) is 5.11 Å². The largest absolute Gasteiger partial charge is 0.393 e. The fourth-order valence-electron chi connectivity index (χ4n) is 2.70. The molecule has 2 rings (SSSR count). The molecule has 0 aromatic carbocycles. The third-order valence-corrected chi connectivity index (χ3v) is 3.79. The normalized spacial score (nSPS) is 26.0. The van der Waals surface area contributed by atoms with Gasteiger partial charge in [-0.05, 0) is 46.5 Å². The van der Waals surface area contributed by atoms with Crippen molar-refractivity contribution in [1.29, 1.82) is 0 Å². The van der Waals surface area contributed by atoms with Gasteiger partial charge in [0.05, 0.1) is 6.10 Å². The van der Waals surface area contributed by atoms with Crippen LogP contribution in [0.3, 0.4) is 0 Å². The van der Waals surface area contributed by atoms with Crippen LogP contribution < -0.4 is 5.32 Å². The summed E-state index contributed by atoms with van der Waals surface area (Å²) >= 11 is 0. The molecular weight excluding hydrogens is 226 g/mol. The molecule has 4 heteroatoms. The lowest BCUT2D eigenvalue weighted by Crippen LogP contribution is -2.36. The summed E-state index contributed by atoms with van der Waals surface area (Å²) in [5.74, 6) is 0.823. The molecule has 1 saturated carbocycles. The molecule has 4 nitrogen and oxygen atoms in total. The Bertz CT molecular complexity index is 400. The van der Waals surface area contributed by atoms with Crippen LogP contribution in [0.5, 0.6) is 0 Å². The monoisotopic (exact) mass is 249 g/mol. The van der Waals surface area contributed by atoms with E-state index in [4.69, 9.17) is 0 Å². The Balaban J connectivity index is 1.97. The number of rotatable bonds is 3. The molecule has 0 aliphatic heterocycles. The molecule has 0 radical (unpaired) electrons. The third kappa shape index (κ3) is 3.27. The zero-order valence-electron chi connectivity index (χ0n) is 11.5. The molecule has 1 heterocycles. The number of aromatic nitrogens is 2. The number of nitrogens with zero attached hydrogens (tertiary/aromatic N) is 2. The van der Waals surface area contributed by atoms with Crippen LogP contribution in [-0.2, 0) is 0 Å². The standard InChI is InChI=1S/C14H23N3O/c1-9-14(8-15-11(3)16-9)10(2)17-12-4-6-13(18)7-5-12/h8,10,12-13,17-18H,4-7H2,1-3H3. The molecule has 1 aromatic rings. The zero-order chi connectivity index (χ0) is 13.1. The minimum absolute atomic E-state index is 0.0946. The molecule has 0 spiro atoms. The third-order valence-electron chi connectivity index (χ3n) is 3.79. The summed E-state index contributed by atoms with van der Waals surface area (Å²) in [6.07, 6.45) is 5.76. The van der Waals surface area contributed by atoms with Gasteiger partial charge in [-0.3, -0.25) is 0 Å². The molecule has 0 saturated heterocycles. The smallest absolute Gasteiger partial charge is 0.125 e. The maximum atomic E-state index is 9.50. The van der Waals surface area contributed by atoms with Crippen LogP contribution in [0.1, 0.15) is 55.7 Å². The van der Waals surface area contributed by atoms with Crippen molar-refractivity contribution < 1.29 is 5.11 Å². The van der Waals surface area contributed by atoms with Gasteiger partial charge in [-0.2, -0.15) is 0 Å². The highest BCUT2D eigenvalue weighted by Gasteiger charge is 2.21. The molecule has 18 heavy (non-hydrogen) atoms. The highest BCUT2D eigenvalue weighted by Crippen LogP contribution is 2.22. The lowest BCUT2D eigenvalue weighted by Gasteiger charge is -2.29. The number of aliphatic hydroxyl groups excluding tert-OH is 1. The summed E-state index contributed by atoms with van der Waals surface area (Å²) in [5, 5.41) is 13.1. The summed E-state index contributed by atoms with van der Waals surface area (Å²) < 4.78 is 0. The lowest BCUT2D eigenvalue weighted by molar-refractivity contribution is 0.114. The first kappa shape index (κ1) is 13.4. The topological polar surface area (TPSA) is 58.0 Å². The maximum Gasteiger partial charge on any atom is 0.125 e. The molecule has 1 aliphatic carbocycles. The van der Waals surface area contributed by atoms with Crippen molar-refractivity contribution in [1.82, 2.24) is 15.3 Å². The quantitative estimate of drug-likeness (QED) is 0.860. The minimum Gasteiger partial charge on any atom is -0.393 e. The van der Waals surface area contributed by atoms with Gasteiger partial charge in [0.15, 0.2) is 0 Å². The molecule has 1 aliphatic rings. The number of hydrogen-bond acceptors (Lipinski definition) is 4. The van der Waals surface area contributed by atoms with E-state index < -0.39 is 0 Å². The van der Waals surface area contributed by atoms with Crippen LogP contribution in [0.2, 0.25) is 0 Å². The van der Waals surface area contributed by atoms with Gasteiger partial charge in [-0.25, -0.2) is 9.97 Å². The van der Waals surface area contributed by atoms with Crippen LogP contribution in [0, 0.1) is 13.8 Å². The Hall–Kier alpha value is -1.00. The fraction of sp³-hybridized carbons (Fsp3) is 0.714. The molecule has 2 N–H and O–H groups in total. The summed E-state index contributed by atoms with van der Waals surface area (Å²) in [6, 6.07) is 0.773. The summed E-state index contributed by atoms with van der Waals surface area (Å²) in [4.78, 5) is 8.68. The lowest BCUT2D eigenvalue weighted by atomic mass is 9.92. The molecule has 1 unspecified atom stereocenters. The van der Waals surface area contributed by atoms with Crippen molar-refractivity contribution in [2.45, 2.75) is 64.6 Å². The van der Waals surface area contributed by atoms with E-state index in [1.165, 1.54) is 5.56 Å². The second-order valence-electron chi connectivity index (χ2n) is 5.35. The maximum absolute atomic E-state index is 9.50. The van der Waals surface area contributed by atoms with Crippen LogP contribution in [0.15, 0.2) is 6.20 Å².